The largest absolute Gasteiger partial charge is 0.504 e. The number of carbonyl (C=O) groups excluding carboxylic acids is 2. The minimum absolute atomic E-state index is 0.0296. The molecule has 12 heteroatoms. The minimum atomic E-state index is -1.05. The van der Waals surface area contributed by atoms with Gasteiger partial charge in [0.25, 0.3) is 0 Å². The van der Waals surface area contributed by atoms with Gasteiger partial charge in [-0.3, -0.25) is 9.59 Å². The highest BCUT2D eigenvalue weighted by Crippen LogP contribution is 2.27. The molecule has 2 atom stereocenters. The molecule has 2 unspecified atom stereocenters. The van der Waals surface area contributed by atoms with Crippen molar-refractivity contribution < 1.29 is 24.5 Å². The summed E-state index contributed by atoms with van der Waals surface area (Å²) >= 11 is 0. The van der Waals surface area contributed by atoms with Gasteiger partial charge in [0.15, 0.2) is 22.4 Å². The van der Waals surface area contributed by atoms with Crippen LogP contribution < -0.4 is 26.8 Å². The predicted octanol–water partition coefficient (Wildman–Crippen LogP) is 1.99. The number of hydrazone groups is 1. The highest BCUT2D eigenvalue weighted by Gasteiger charge is 2.28. The van der Waals surface area contributed by atoms with Crippen molar-refractivity contribution in [1.29, 1.82) is 0 Å². The lowest BCUT2D eigenvalue weighted by Crippen LogP contribution is -2.49. The van der Waals surface area contributed by atoms with Crippen LogP contribution >= 0.6 is 0 Å². The van der Waals surface area contributed by atoms with Gasteiger partial charge in [0.05, 0.1) is 24.2 Å². The van der Waals surface area contributed by atoms with Crippen molar-refractivity contribution in [3.8, 4) is 11.5 Å². The number of nitro groups is 1. The molecule has 210 valence electrons. The second kappa shape index (κ2) is 14.3. The molecule has 40 heavy (non-hydrogen) atoms. The molecule has 0 aliphatic rings. The Hall–Kier alpha value is -4.97. The number of amidine groups is 1. The van der Waals surface area contributed by atoms with Crippen LogP contribution in [-0.2, 0) is 16.1 Å². The summed E-state index contributed by atoms with van der Waals surface area (Å²) in [7, 11) is 1.41. The molecule has 12 nitrogen and oxygen atoms in total. The number of phenolic OH excluding ortho intramolecular Hbond substituents is 1. The van der Waals surface area contributed by atoms with Crippen molar-refractivity contribution in [2.24, 2.45) is 16.6 Å². The number of ether oxygens (including phenoxy) is 1. The first-order valence-corrected chi connectivity index (χ1v) is 12.5. The lowest BCUT2D eigenvalue weighted by Gasteiger charge is -2.24. The van der Waals surface area contributed by atoms with Crippen LogP contribution in [0.5, 0.6) is 11.5 Å². The zero-order valence-corrected chi connectivity index (χ0v) is 21.9. The van der Waals surface area contributed by atoms with Crippen molar-refractivity contribution in [3.63, 3.8) is 0 Å². The summed E-state index contributed by atoms with van der Waals surface area (Å²) < 4.78 is 5.11. The SMILES string of the molecule is COc1cc(CNC(=O)C(CCC(N)/C(N)=N\[N+](=O)[O-])NC(=O)C(c2ccccc2)c2ccccc2)ccc1O. The predicted molar refractivity (Wildman–Crippen MR) is 149 cm³/mol. The van der Waals surface area contributed by atoms with Gasteiger partial charge in [-0.05, 0) is 41.7 Å². The molecule has 2 amide bonds. The van der Waals surface area contributed by atoms with Crippen LogP contribution in [0.1, 0.15) is 35.4 Å². The van der Waals surface area contributed by atoms with E-state index >= 15 is 0 Å². The average Bonchev–Trinajstić information content (AvgIpc) is 2.95. The second-order valence-corrected chi connectivity index (χ2v) is 8.99. The molecule has 3 rings (SSSR count). The van der Waals surface area contributed by atoms with E-state index in [0.717, 1.165) is 11.1 Å². The second-order valence-electron chi connectivity index (χ2n) is 8.99. The van der Waals surface area contributed by atoms with E-state index in [1.807, 2.05) is 60.7 Å². The standard InChI is InChI=1S/C28H32N6O6/c1-40-24-16-18(12-15-23(24)35)17-31-27(36)22(14-13-21(29)26(30)33-34(38)39)32-28(37)25(19-8-4-2-5-9-19)20-10-6-3-7-11-20/h2-12,15-16,21-22,25,35H,13-14,17,29H2,1H3,(H2,30,33)(H,31,36)(H,32,37). The van der Waals surface area contributed by atoms with E-state index < -0.39 is 40.7 Å². The van der Waals surface area contributed by atoms with E-state index in [1.54, 1.807) is 12.1 Å². The summed E-state index contributed by atoms with van der Waals surface area (Å²) in [6.45, 7) is 0.0830. The van der Waals surface area contributed by atoms with E-state index in [0.29, 0.717) is 5.56 Å². The molecule has 3 aromatic rings. The Morgan fingerprint density at radius 3 is 2.15 bits per heavy atom. The Labute approximate surface area is 231 Å². The number of rotatable bonds is 13. The van der Waals surface area contributed by atoms with Gasteiger partial charge in [-0.25, -0.2) is 10.1 Å². The third-order valence-electron chi connectivity index (χ3n) is 6.22. The maximum atomic E-state index is 13.7. The van der Waals surface area contributed by atoms with Gasteiger partial charge in [0.2, 0.25) is 11.8 Å². The Balaban J connectivity index is 1.83. The summed E-state index contributed by atoms with van der Waals surface area (Å²) in [5, 5.41) is 28.2. The molecule has 0 saturated carbocycles. The van der Waals surface area contributed by atoms with Crippen LogP contribution in [0.25, 0.3) is 0 Å². The first kappa shape index (κ1) is 29.6. The van der Waals surface area contributed by atoms with Crippen molar-refractivity contribution in [2.45, 2.75) is 37.4 Å². The molecule has 0 bridgehead atoms. The maximum absolute atomic E-state index is 13.7. The van der Waals surface area contributed by atoms with E-state index in [2.05, 4.69) is 15.7 Å². The van der Waals surface area contributed by atoms with Gasteiger partial charge >= 0.3 is 0 Å². The number of nitrogens with zero attached hydrogens (tertiary/aromatic N) is 2. The summed E-state index contributed by atoms with van der Waals surface area (Å²) in [5.74, 6) is -1.80. The van der Waals surface area contributed by atoms with Crippen LogP contribution in [0.3, 0.4) is 0 Å². The number of phenols is 1. The number of benzene rings is 3. The van der Waals surface area contributed by atoms with Crippen molar-refractivity contribution in [2.75, 3.05) is 7.11 Å². The molecule has 0 saturated heterocycles. The first-order valence-electron chi connectivity index (χ1n) is 12.5. The number of methoxy groups -OCH3 is 1. The molecule has 0 aromatic heterocycles. The van der Waals surface area contributed by atoms with E-state index in [1.165, 1.54) is 13.2 Å². The van der Waals surface area contributed by atoms with Crippen LogP contribution in [0.4, 0.5) is 0 Å². The number of hydrogen-bond donors (Lipinski definition) is 5. The van der Waals surface area contributed by atoms with Gasteiger partial charge in [0.1, 0.15) is 6.04 Å². The van der Waals surface area contributed by atoms with E-state index in [-0.39, 0.29) is 30.9 Å². The lowest BCUT2D eigenvalue weighted by atomic mass is 9.90. The average molecular weight is 549 g/mol. The molecule has 0 aliphatic heterocycles. The molecule has 0 spiro atoms. The fraction of sp³-hybridized carbons (Fsp3) is 0.250. The molecular formula is C28H32N6O6. The highest BCUT2D eigenvalue weighted by atomic mass is 16.7. The third kappa shape index (κ3) is 8.27. The van der Waals surface area contributed by atoms with Crippen molar-refractivity contribution in [1.82, 2.24) is 10.6 Å². The monoisotopic (exact) mass is 548 g/mol. The van der Waals surface area contributed by atoms with Crippen LogP contribution in [0.15, 0.2) is 84.0 Å². The normalized spacial score (nSPS) is 12.8. The fourth-order valence-corrected chi connectivity index (χ4v) is 4.12. The van der Waals surface area contributed by atoms with Gasteiger partial charge in [-0.15, -0.1) is 0 Å². The molecule has 7 N–H and O–H groups in total. The van der Waals surface area contributed by atoms with Crippen molar-refractivity contribution >= 4 is 17.6 Å². The van der Waals surface area contributed by atoms with Crippen LogP contribution in [-0.4, -0.2) is 47.0 Å². The Morgan fingerprint density at radius 2 is 1.60 bits per heavy atom. The van der Waals surface area contributed by atoms with Crippen molar-refractivity contribution in [3.05, 3.63) is 106 Å². The van der Waals surface area contributed by atoms with E-state index in [9.17, 15) is 24.8 Å². The number of nitrogens with two attached hydrogens (primary N) is 2. The van der Waals surface area contributed by atoms with Gasteiger partial charge in [0, 0.05) is 6.54 Å². The smallest absolute Gasteiger partial charge is 0.242 e. The number of amides is 2. The highest BCUT2D eigenvalue weighted by molar-refractivity contribution is 5.92. The zero-order valence-electron chi connectivity index (χ0n) is 21.9. The zero-order chi connectivity index (χ0) is 29.1. The quantitative estimate of drug-likeness (QED) is 0.0925. The summed E-state index contributed by atoms with van der Waals surface area (Å²) in [4.78, 5) is 37.7. The van der Waals surface area contributed by atoms with Crippen LogP contribution in [0.2, 0.25) is 0 Å². The fourth-order valence-electron chi connectivity index (χ4n) is 4.12. The molecule has 0 heterocycles. The number of nitrogens with one attached hydrogen (secondary N) is 2. The number of hydrogen-bond acceptors (Lipinski definition) is 7. The topological polar surface area (TPSA) is 195 Å². The molecule has 0 fully saturated rings. The summed E-state index contributed by atoms with van der Waals surface area (Å²) in [5.41, 5.74) is 13.7. The summed E-state index contributed by atoms with van der Waals surface area (Å²) in [6.07, 6.45) is 0.0672. The lowest BCUT2D eigenvalue weighted by molar-refractivity contribution is -0.485. The first-order chi connectivity index (χ1) is 19.2. The minimum Gasteiger partial charge on any atom is -0.504 e. The molecular weight excluding hydrogens is 516 g/mol. The van der Waals surface area contributed by atoms with E-state index in [4.69, 9.17) is 16.2 Å². The van der Waals surface area contributed by atoms with Crippen LogP contribution in [0, 0.1) is 10.1 Å². The molecule has 3 aromatic carbocycles. The van der Waals surface area contributed by atoms with Gasteiger partial charge in [-0.2, -0.15) is 0 Å². The number of aromatic hydroxyl groups is 1. The van der Waals surface area contributed by atoms with Gasteiger partial charge in [-0.1, -0.05) is 66.7 Å². The number of carbonyl (C=O) groups is 2. The molecule has 0 aliphatic carbocycles. The summed E-state index contributed by atoms with van der Waals surface area (Å²) in [6, 6.07) is 20.9. The maximum Gasteiger partial charge on any atom is 0.242 e. The molecule has 0 radical (unpaired) electrons. The Bertz CT molecular complexity index is 1300. The van der Waals surface area contributed by atoms with Gasteiger partial charge < -0.3 is 31.9 Å². The third-order valence-corrected chi connectivity index (χ3v) is 6.22. The Kier molecular flexibility index (Phi) is 10.5. The Morgan fingerprint density at radius 1 is 1.00 bits per heavy atom.